The van der Waals surface area contributed by atoms with Crippen LogP contribution >= 0.6 is 11.3 Å². The normalized spacial score (nSPS) is 12.4. The summed E-state index contributed by atoms with van der Waals surface area (Å²) in [5.74, 6) is -0.0482. The van der Waals surface area contributed by atoms with Crippen LogP contribution in [0.25, 0.3) is 0 Å². The number of halogens is 1. The summed E-state index contributed by atoms with van der Waals surface area (Å²) in [5, 5.41) is 6.50. The third-order valence-electron chi connectivity index (χ3n) is 3.10. The number of methoxy groups -OCH3 is 1. The van der Waals surface area contributed by atoms with Gasteiger partial charge in [-0.2, -0.15) is 0 Å². The number of benzene rings is 1. The maximum atomic E-state index is 13.7. The van der Waals surface area contributed by atoms with Crippen LogP contribution in [0, 0.1) is 12.7 Å². The van der Waals surface area contributed by atoms with E-state index in [1.54, 1.807) is 17.4 Å². The van der Waals surface area contributed by atoms with Crippen molar-refractivity contribution in [2.24, 2.45) is 0 Å². The lowest BCUT2D eigenvalue weighted by molar-refractivity contribution is 0.386. The summed E-state index contributed by atoms with van der Waals surface area (Å²) in [6, 6.07) is 5.20. The Kier molecular flexibility index (Phi) is 5.09. The number of aryl methyl sites for hydroxylation is 1. The van der Waals surface area contributed by atoms with Crippen molar-refractivity contribution in [1.82, 2.24) is 10.3 Å². The van der Waals surface area contributed by atoms with E-state index in [0.717, 1.165) is 22.8 Å². The highest BCUT2D eigenvalue weighted by Gasteiger charge is 2.15. The maximum Gasteiger partial charge on any atom is 0.165 e. The van der Waals surface area contributed by atoms with Crippen molar-refractivity contribution >= 4 is 11.3 Å². The number of aromatic nitrogens is 1. The van der Waals surface area contributed by atoms with Gasteiger partial charge in [0.25, 0.3) is 0 Å². The molecule has 0 bridgehead atoms. The summed E-state index contributed by atoms with van der Waals surface area (Å²) >= 11 is 1.63. The first-order chi connectivity index (χ1) is 9.63. The summed E-state index contributed by atoms with van der Waals surface area (Å²) in [6.45, 7) is 4.89. The number of likely N-dealkylation sites (N-methyl/N-ethyl adjacent to an activating group) is 1. The topological polar surface area (TPSA) is 34.1 Å². The van der Waals surface area contributed by atoms with Crippen LogP contribution in [0.1, 0.15) is 29.2 Å². The Labute approximate surface area is 122 Å². The number of nitrogens with one attached hydrogen (secondary N) is 1. The molecule has 5 heteroatoms. The SMILES string of the molecule is CCNC(Cc1ccc(OC)c(F)c1)c1csc(C)n1. The van der Waals surface area contributed by atoms with Crippen LogP contribution in [-0.4, -0.2) is 18.6 Å². The van der Waals surface area contributed by atoms with Gasteiger partial charge >= 0.3 is 0 Å². The van der Waals surface area contributed by atoms with Crippen LogP contribution in [0.5, 0.6) is 5.75 Å². The van der Waals surface area contributed by atoms with E-state index < -0.39 is 0 Å². The zero-order valence-electron chi connectivity index (χ0n) is 11.9. The molecule has 0 radical (unpaired) electrons. The molecule has 0 saturated heterocycles. The highest BCUT2D eigenvalue weighted by atomic mass is 32.1. The minimum absolute atomic E-state index is 0.109. The lowest BCUT2D eigenvalue weighted by atomic mass is 10.0. The smallest absolute Gasteiger partial charge is 0.165 e. The van der Waals surface area contributed by atoms with Gasteiger partial charge in [0.2, 0.25) is 0 Å². The molecule has 0 amide bonds. The van der Waals surface area contributed by atoms with Gasteiger partial charge in [-0.25, -0.2) is 9.37 Å². The second-order valence-corrected chi connectivity index (χ2v) is 5.64. The summed E-state index contributed by atoms with van der Waals surface area (Å²) in [6.07, 6.45) is 0.706. The standard InChI is InChI=1S/C15H19FN2OS/c1-4-17-13(14-9-20-10(2)18-14)8-11-5-6-15(19-3)12(16)7-11/h5-7,9,13,17H,4,8H2,1-3H3. The summed E-state index contributed by atoms with van der Waals surface area (Å²) in [5.41, 5.74) is 1.95. The first-order valence-electron chi connectivity index (χ1n) is 6.61. The van der Waals surface area contributed by atoms with Gasteiger partial charge in [0.15, 0.2) is 11.6 Å². The third-order valence-corrected chi connectivity index (χ3v) is 3.89. The van der Waals surface area contributed by atoms with E-state index in [9.17, 15) is 4.39 Å². The number of nitrogens with zero attached hydrogens (tertiary/aromatic N) is 1. The molecule has 108 valence electrons. The molecular weight excluding hydrogens is 275 g/mol. The van der Waals surface area contributed by atoms with Gasteiger partial charge in [-0.3, -0.25) is 0 Å². The lowest BCUT2D eigenvalue weighted by Gasteiger charge is -2.16. The molecule has 0 spiro atoms. The largest absolute Gasteiger partial charge is 0.494 e. The van der Waals surface area contributed by atoms with Crippen molar-refractivity contribution in [1.29, 1.82) is 0 Å². The van der Waals surface area contributed by atoms with Crippen LogP contribution in [0.2, 0.25) is 0 Å². The van der Waals surface area contributed by atoms with Crippen molar-refractivity contribution in [3.8, 4) is 5.75 Å². The molecule has 1 N–H and O–H groups in total. The molecule has 0 aliphatic carbocycles. The van der Waals surface area contributed by atoms with Crippen LogP contribution < -0.4 is 10.1 Å². The molecule has 2 aromatic rings. The quantitative estimate of drug-likeness (QED) is 0.885. The van der Waals surface area contributed by atoms with Crippen LogP contribution in [0.4, 0.5) is 4.39 Å². The van der Waals surface area contributed by atoms with Gasteiger partial charge in [-0.05, 0) is 37.6 Å². The van der Waals surface area contributed by atoms with E-state index in [0.29, 0.717) is 6.42 Å². The Bertz CT molecular complexity index is 571. The van der Waals surface area contributed by atoms with E-state index in [-0.39, 0.29) is 17.6 Å². The monoisotopic (exact) mass is 294 g/mol. The second-order valence-electron chi connectivity index (χ2n) is 4.57. The molecule has 2 rings (SSSR count). The Morgan fingerprint density at radius 1 is 1.45 bits per heavy atom. The number of rotatable bonds is 6. The molecule has 1 unspecified atom stereocenters. The summed E-state index contributed by atoms with van der Waals surface area (Å²) in [4.78, 5) is 4.52. The molecule has 1 heterocycles. The van der Waals surface area contributed by atoms with Crippen LogP contribution in [-0.2, 0) is 6.42 Å². The minimum atomic E-state index is -0.324. The fourth-order valence-corrected chi connectivity index (χ4v) is 2.81. The highest BCUT2D eigenvalue weighted by Crippen LogP contribution is 2.23. The number of thiazole rings is 1. The molecule has 20 heavy (non-hydrogen) atoms. The highest BCUT2D eigenvalue weighted by molar-refractivity contribution is 7.09. The Balaban J connectivity index is 2.17. The van der Waals surface area contributed by atoms with Crippen LogP contribution in [0.15, 0.2) is 23.6 Å². The molecule has 0 aliphatic rings. The first kappa shape index (κ1) is 14.9. The van der Waals surface area contributed by atoms with E-state index in [1.807, 2.05) is 13.0 Å². The number of hydrogen-bond acceptors (Lipinski definition) is 4. The molecule has 0 saturated carbocycles. The van der Waals surface area contributed by atoms with Gasteiger partial charge in [-0.15, -0.1) is 11.3 Å². The Morgan fingerprint density at radius 2 is 2.25 bits per heavy atom. The molecular formula is C15H19FN2OS. The Morgan fingerprint density at radius 3 is 2.80 bits per heavy atom. The fraction of sp³-hybridized carbons (Fsp3) is 0.400. The van der Waals surface area contributed by atoms with Gasteiger partial charge in [0.1, 0.15) is 0 Å². The van der Waals surface area contributed by atoms with Crippen LogP contribution in [0.3, 0.4) is 0 Å². The van der Waals surface area contributed by atoms with Crippen molar-refractivity contribution < 1.29 is 9.13 Å². The zero-order chi connectivity index (χ0) is 14.5. The van der Waals surface area contributed by atoms with Gasteiger partial charge in [0, 0.05) is 5.38 Å². The van der Waals surface area contributed by atoms with E-state index in [2.05, 4.69) is 22.6 Å². The maximum absolute atomic E-state index is 13.7. The third kappa shape index (κ3) is 3.55. The van der Waals surface area contributed by atoms with Gasteiger partial charge in [-0.1, -0.05) is 13.0 Å². The lowest BCUT2D eigenvalue weighted by Crippen LogP contribution is -2.23. The van der Waals surface area contributed by atoms with Crippen molar-refractivity contribution in [3.05, 3.63) is 45.7 Å². The average molecular weight is 294 g/mol. The average Bonchev–Trinajstić information content (AvgIpc) is 2.85. The van der Waals surface area contributed by atoms with E-state index in [1.165, 1.54) is 13.2 Å². The second kappa shape index (κ2) is 6.81. The molecule has 1 aromatic heterocycles. The summed E-state index contributed by atoms with van der Waals surface area (Å²) < 4.78 is 18.7. The minimum Gasteiger partial charge on any atom is -0.494 e. The first-order valence-corrected chi connectivity index (χ1v) is 7.49. The molecule has 3 nitrogen and oxygen atoms in total. The predicted molar refractivity (Wildman–Crippen MR) is 79.9 cm³/mol. The fourth-order valence-electron chi connectivity index (χ4n) is 2.14. The number of hydrogen-bond donors (Lipinski definition) is 1. The van der Waals surface area contributed by atoms with Crippen molar-refractivity contribution in [2.45, 2.75) is 26.3 Å². The zero-order valence-corrected chi connectivity index (χ0v) is 12.8. The predicted octanol–water partition coefficient (Wildman–Crippen LogP) is 3.49. The van der Waals surface area contributed by atoms with E-state index in [4.69, 9.17) is 4.74 Å². The van der Waals surface area contributed by atoms with E-state index >= 15 is 0 Å². The van der Waals surface area contributed by atoms with Gasteiger partial charge in [0.05, 0.1) is 23.9 Å². The molecule has 1 aromatic carbocycles. The van der Waals surface area contributed by atoms with Crippen molar-refractivity contribution in [2.75, 3.05) is 13.7 Å². The van der Waals surface area contributed by atoms with Gasteiger partial charge < -0.3 is 10.1 Å². The Hall–Kier alpha value is -1.46. The summed E-state index contributed by atoms with van der Waals surface area (Å²) in [7, 11) is 1.47. The molecule has 0 fully saturated rings. The molecule has 0 aliphatic heterocycles. The van der Waals surface area contributed by atoms with Crippen molar-refractivity contribution in [3.63, 3.8) is 0 Å². The molecule has 1 atom stereocenters. The number of ether oxygens (including phenoxy) is 1.